The maximum atomic E-state index is 6.23. The van der Waals surface area contributed by atoms with E-state index >= 15 is 0 Å². The first-order valence-corrected chi connectivity index (χ1v) is 11.5. The van der Waals surface area contributed by atoms with Crippen LogP contribution in [0.3, 0.4) is 0 Å². The van der Waals surface area contributed by atoms with Gasteiger partial charge in [-0.1, -0.05) is 0 Å². The fourth-order valence-corrected chi connectivity index (χ4v) is 6.29. The molecule has 1 aliphatic heterocycles. The van der Waals surface area contributed by atoms with Crippen LogP contribution in [0.4, 0.5) is 5.82 Å². The summed E-state index contributed by atoms with van der Waals surface area (Å²) in [5, 5.41) is 9.66. The molecule has 7 nitrogen and oxygen atoms in total. The summed E-state index contributed by atoms with van der Waals surface area (Å²) in [6.45, 7) is 4.97. The Bertz CT molecular complexity index is 1110. The molecule has 0 spiro atoms. The Kier molecular flexibility index (Phi) is 4.14. The van der Waals surface area contributed by atoms with E-state index in [0.717, 1.165) is 54.5 Å². The molecule has 0 radical (unpaired) electrons. The first-order chi connectivity index (χ1) is 14.5. The topological polar surface area (TPSA) is 64.7 Å². The van der Waals surface area contributed by atoms with Crippen LogP contribution < -0.4 is 4.90 Å². The van der Waals surface area contributed by atoms with Crippen molar-refractivity contribution < 1.29 is 0 Å². The molecule has 3 aliphatic carbocycles. The van der Waals surface area contributed by atoms with Crippen LogP contribution in [0.2, 0.25) is 5.28 Å². The normalized spacial score (nSPS) is 25.8. The van der Waals surface area contributed by atoms with Gasteiger partial charge in [-0.25, -0.2) is 4.98 Å². The molecule has 0 unspecified atom stereocenters. The highest BCUT2D eigenvalue weighted by atomic mass is 35.5. The number of halogens is 1. The van der Waals surface area contributed by atoms with Gasteiger partial charge in [0.25, 0.3) is 0 Å². The van der Waals surface area contributed by atoms with Gasteiger partial charge < -0.3 is 4.90 Å². The highest BCUT2D eigenvalue weighted by Gasteiger charge is 2.41. The van der Waals surface area contributed by atoms with E-state index < -0.39 is 0 Å². The molecular weight excluding hydrogens is 398 g/mol. The zero-order valence-corrected chi connectivity index (χ0v) is 18.5. The molecule has 3 saturated carbocycles. The van der Waals surface area contributed by atoms with Crippen molar-refractivity contribution in [3.05, 3.63) is 28.4 Å². The first-order valence-electron chi connectivity index (χ1n) is 11.2. The summed E-state index contributed by atoms with van der Waals surface area (Å²) in [5.41, 5.74) is 6.14. The van der Waals surface area contributed by atoms with Crippen LogP contribution in [0.25, 0.3) is 11.0 Å². The van der Waals surface area contributed by atoms with Crippen molar-refractivity contribution in [2.75, 3.05) is 11.4 Å². The minimum absolute atomic E-state index is 0.274. The van der Waals surface area contributed by atoms with E-state index in [1.807, 2.05) is 11.7 Å². The largest absolute Gasteiger partial charge is 0.350 e. The molecular formula is C22H28ClN7. The average molecular weight is 426 g/mol. The second-order valence-corrected chi connectivity index (χ2v) is 9.98. The molecule has 8 heteroatoms. The predicted octanol–water partition coefficient (Wildman–Crippen LogP) is 4.05. The third-order valence-electron chi connectivity index (χ3n) is 7.91. The van der Waals surface area contributed by atoms with Gasteiger partial charge in [0.2, 0.25) is 5.28 Å². The lowest BCUT2D eigenvalue weighted by atomic mass is 9.61. The van der Waals surface area contributed by atoms with Gasteiger partial charge in [0.1, 0.15) is 11.0 Å². The third-order valence-corrected chi connectivity index (χ3v) is 8.08. The lowest BCUT2D eigenvalue weighted by Gasteiger charge is -2.46. The van der Waals surface area contributed by atoms with Gasteiger partial charge in [0.05, 0.1) is 11.9 Å². The minimum atomic E-state index is 0.274. The van der Waals surface area contributed by atoms with Gasteiger partial charge >= 0.3 is 0 Å². The molecule has 7 rings (SSSR count). The van der Waals surface area contributed by atoms with Gasteiger partial charge in [-0.2, -0.15) is 15.2 Å². The predicted molar refractivity (Wildman–Crippen MR) is 117 cm³/mol. The Morgan fingerprint density at radius 3 is 2.70 bits per heavy atom. The van der Waals surface area contributed by atoms with Crippen molar-refractivity contribution in [1.29, 1.82) is 0 Å². The zero-order valence-electron chi connectivity index (χ0n) is 17.7. The van der Waals surface area contributed by atoms with Crippen LogP contribution in [0.5, 0.6) is 0 Å². The van der Waals surface area contributed by atoms with Crippen LogP contribution >= 0.6 is 11.6 Å². The highest BCUT2D eigenvalue weighted by molar-refractivity contribution is 6.28. The maximum Gasteiger partial charge on any atom is 0.225 e. The quantitative estimate of drug-likeness (QED) is 0.592. The van der Waals surface area contributed by atoms with Gasteiger partial charge in [-0.05, 0) is 68.4 Å². The summed E-state index contributed by atoms with van der Waals surface area (Å²) < 4.78 is 4.20. The second kappa shape index (κ2) is 6.67. The number of fused-ring (bicyclic) bond motifs is 5. The van der Waals surface area contributed by atoms with Crippen LogP contribution in [-0.2, 0) is 26.6 Å². The van der Waals surface area contributed by atoms with E-state index in [4.69, 9.17) is 16.7 Å². The van der Waals surface area contributed by atoms with Crippen LogP contribution in [0, 0.1) is 18.3 Å². The molecule has 0 saturated heterocycles. The molecule has 0 N–H and O–H groups in total. The highest BCUT2D eigenvalue weighted by Crippen LogP contribution is 2.51. The van der Waals surface area contributed by atoms with Gasteiger partial charge in [-0.15, -0.1) is 0 Å². The van der Waals surface area contributed by atoms with E-state index in [2.05, 4.69) is 31.6 Å². The van der Waals surface area contributed by atoms with Crippen molar-refractivity contribution >= 4 is 28.5 Å². The van der Waals surface area contributed by atoms with E-state index in [1.54, 1.807) is 6.20 Å². The molecule has 4 heterocycles. The third kappa shape index (κ3) is 2.85. The molecule has 3 aromatic rings. The van der Waals surface area contributed by atoms with Gasteiger partial charge in [0.15, 0.2) is 5.82 Å². The Morgan fingerprint density at radius 1 is 1.17 bits per heavy atom. The molecule has 0 amide bonds. The smallest absolute Gasteiger partial charge is 0.225 e. The van der Waals surface area contributed by atoms with Crippen LogP contribution in [0.1, 0.15) is 55.5 Å². The summed E-state index contributed by atoms with van der Waals surface area (Å²) >= 11 is 6.23. The fourth-order valence-electron chi connectivity index (χ4n) is 6.12. The Morgan fingerprint density at radius 2 is 1.93 bits per heavy atom. The van der Waals surface area contributed by atoms with E-state index in [9.17, 15) is 0 Å². The summed E-state index contributed by atoms with van der Waals surface area (Å²) in [4.78, 5) is 11.2. The number of hydrogen-bond acceptors (Lipinski definition) is 5. The number of nitrogens with zero attached hydrogens (tertiary/aromatic N) is 7. The fraction of sp³-hybridized carbons (Fsp3) is 0.636. The van der Waals surface area contributed by atoms with Crippen LogP contribution in [-0.4, -0.2) is 36.1 Å². The number of aromatic nitrogens is 6. The number of aryl methyl sites for hydroxylation is 2. The average Bonchev–Trinajstić information content (AvgIpc) is 3.28. The van der Waals surface area contributed by atoms with Crippen molar-refractivity contribution in [3.63, 3.8) is 0 Å². The van der Waals surface area contributed by atoms with Crippen LogP contribution in [0.15, 0.2) is 6.20 Å². The molecule has 0 aromatic carbocycles. The second-order valence-electron chi connectivity index (χ2n) is 9.64. The molecule has 0 atom stereocenters. The lowest BCUT2D eigenvalue weighted by molar-refractivity contribution is 0.0439. The molecule has 3 fully saturated rings. The summed E-state index contributed by atoms with van der Waals surface area (Å²) in [6, 6.07) is 0. The van der Waals surface area contributed by atoms with Crippen molar-refractivity contribution in [2.24, 2.45) is 18.4 Å². The lowest BCUT2D eigenvalue weighted by Crippen LogP contribution is -2.39. The zero-order chi connectivity index (χ0) is 20.5. The van der Waals surface area contributed by atoms with Gasteiger partial charge in [0, 0.05) is 44.4 Å². The molecule has 158 valence electrons. The maximum absolute atomic E-state index is 6.23. The SMILES string of the molecule is Cc1nn(CC23CCC(CC2)CC3)c2c1CN(c1nc(Cl)nc3cnn(C)c13)CC2. The minimum Gasteiger partial charge on any atom is -0.350 e. The number of anilines is 1. The van der Waals surface area contributed by atoms with E-state index in [1.165, 1.54) is 49.8 Å². The van der Waals surface area contributed by atoms with E-state index in [-0.39, 0.29) is 5.28 Å². The van der Waals surface area contributed by atoms with Gasteiger partial charge in [-0.3, -0.25) is 9.36 Å². The number of rotatable bonds is 3. The van der Waals surface area contributed by atoms with Crippen molar-refractivity contribution in [1.82, 2.24) is 29.5 Å². The Hall–Kier alpha value is -2.15. The Balaban J connectivity index is 1.32. The number of hydrogen-bond donors (Lipinski definition) is 0. The van der Waals surface area contributed by atoms with Crippen molar-refractivity contribution in [3.8, 4) is 0 Å². The van der Waals surface area contributed by atoms with Crippen molar-refractivity contribution in [2.45, 2.75) is 65.0 Å². The summed E-state index contributed by atoms with van der Waals surface area (Å²) in [7, 11) is 1.93. The molecule has 3 aromatic heterocycles. The summed E-state index contributed by atoms with van der Waals surface area (Å²) in [5.74, 6) is 1.87. The molecule has 30 heavy (non-hydrogen) atoms. The molecule has 4 aliphatic rings. The van der Waals surface area contributed by atoms with E-state index in [0.29, 0.717) is 5.41 Å². The monoisotopic (exact) mass is 425 g/mol. The molecule has 2 bridgehead atoms. The Labute approximate surface area is 181 Å². The summed E-state index contributed by atoms with van der Waals surface area (Å²) in [6.07, 6.45) is 11.2. The first kappa shape index (κ1) is 18.6. The standard InChI is InChI=1S/C22H28ClN7/c1-14-16-12-29(20-19-17(11-24-28(19)2)25-21(23)26-20)10-6-18(16)30(27-14)13-22-7-3-15(4-8-22)5-9-22/h11,15H,3-10,12-13H2,1-2H3.